The average molecular weight is 234 g/mol. The molecule has 0 fully saturated rings. The average Bonchev–Trinajstić information content (AvgIpc) is 2.66. The van der Waals surface area contributed by atoms with Crippen LogP contribution in [-0.4, -0.2) is 11.5 Å². The van der Waals surface area contributed by atoms with Crippen molar-refractivity contribution in [3.05, 3.63) is 28.7 Å². The maximum Gasteiger partial charge on any atom is 0.417 e. The summed E-state index contributed by atoms with van der Waals surface area (Å²) in [4.78, 5) is 13.7. The van der Waals surface area contributed by atoms with E-state index in [1.54, 1.807) is 6.07 Å². The molecule has 1 atom stereocenters. The SMILES string of the molecule is CCCC(C)CNc1ccc2oc(=O)[nH]c2c1. The first-order chi connectivity index (χ1) is 8.19. The third kappa shape index (κ3) is 2.90. The number of rotatable bonds is 5. The van der Waals surface area contributed by atoms with Gasteiger partial charge in [-0.25, -0.2) is 4.79 Å². The van der Waals surface area contributed by atoms with Crippen LogP contribution >= 0.6 is 0 Å². The van der Waals surface area contributed by atoms with Gasteiger partial charge in [0.15, 0.2) is 5.58 Å². The summed E-state index contributed by atoms with van der Waals surface area (Å²) in [6.07, 6.45) is 2.43. The van der Waals surface area contributed by atoms with Gasteiger partial charge in [-0.2, -0.15) is 0 Å². The third-order valence-electron chi connectivity index (χ3n) is 2.86. The second kappa shape index (κ2) is 5.08. The lowest BCUT2D eigenvalue weighted by molar-refractivity contribution is 0.550. The largest absolute Gasteiger partial charge is 0.417 e. The Hall–Kier alpha value is -1.71. The number of fused-ring (bicyclic) bond motifs is 1. The summed E-state index contributed by atoms with van der Waals surface area (Å²) in [7, 11) is 0. The van der Waals surface area contributed by atoms with Crippen molar-refractivity contribution in [2.75, 3.05) is 11.9 Å². The van der Waals surface area contributed by atoms with Crippen LogP contribution in [0.4, 0.5) is 5.69 Å². The molecule has 0 saturated heterocycles. The van der Waals surface area contributed by atoms with Crippen molar-refractivity contribution in [2.45, 2.75) is 26.7 Å². The van der Waals surface area contributed by atoms with Gasteiger partial charge in [0, 0.05) is 12.2 Å². The van der Waals surface area contributed by atoms with E-state index < -0.39 is 5.76 Å². The zero-order valence-electron chi connectivity index (χ0n) is 10.2. The van der Waals surface area contributed by atoms with Gasteiger partial charge in [-0.1, -0.05) is 20.3 Å². The number of aromatic nitrogens is 1. The Kier molecular flexibility index (Phi) is 3.52. The molecule has 4 heteroatoms. The molecule has 1 aromatic carbocycles. The topological polar surface area (TPSA) is 58.0 Å². The highest BCUT2D eigenvalue weighted by Gasteiger charge is 2.03. The summed E-state index contributed by atoms with van der Waals surface area (Å²) < 4.78 is 4.95. The van der Waals surface area contributed by atoms with Crippen LogP contribution in [0.2, 0.25) is 0 Å². The molecule has 92 valence electrons. The molecule has 2 N–H and O–H groups in total. The highest BCUT2D eigenvalue weighted by molar-refractivity contribution is 5.76. The molecule has 0 spiro atoms. The fourth-order valence-electron chi connectivity index (χ4n) is 1.95. The zero-order valence-corrected chi connectivity index (χ0v) is 10.2. The van der Waals surface area contributed by atoms with Crippen molar-refractivity contribution in [1.82, 2.24) is 4.98 Å². The highest BCUT2D eigenvalue weighted by atomic mass is 16.4. The third-order valence-corrected chi connectivity index (χ3v) is 2.86. The Labute approximate surface area is 100 Å². The van der Waals surface area contributed by atoms with Gasteiger partial charge >= 0.3 is 5.76 Å². The van der Waals surface area contributed by atoms with Crippen LogP contribution < -0.4 is 11.1 Å². The summed E-state index contributed by atoms with van der Waals surface area (Å²) in [5.74, 6) is 0.246. The molecule has 17 heavy (non-hydrogen) atoms. The van der Waals surface area contributed by atoms with Crippen LogP contribution in [0, 0.1) is 5.92 Å². The summed E-state index contributed by atoms with van der Waals surface area (Å²) in [5.41, 5.74) is 2.35. The van der Waals surface area contributed by atoms with Crippen LogP contribution in [-0.2, 0) is 0 Å². The van der Waals surface area contributed by atoms with Gasteiger partial charge in [-0.05, 0) is 30.5 Å². The van der Waals surface area contributed by atoms with Crippen LogP contribution in [0.15, 0.2) is 27.4 Å². The van der Waals surface area contributed by atoms with Crippen LogP contribution in [0.3, 0.4) is 0 Å². The Morgan fingerprint density at radius 3 is 3.06 bits per heavy atom. The lowest BCUT2D eigenvalue weighted by Gasteiger charge is -2.12. The van der Waals surface area contributed by atoms with Crippen LogP contribution in [0.1, 0.15) is 26.7 Å². The highest BCUT2D eigenvalue weighted by Crippen LogP contribution is 2.17. The quantitative estimate of drug-likeness (QED) is 0.836. The van der Waals surface area contributed by atoms with E-state index in [1.165, 1.54) is 12.8 Å². The minimum Gasteiger partial charge on any atom is -0.408 e. The van der Waals surface area contributed by atoms with Gasteiger partial charge in [0.1, 0.15) is 0 Å². The Balaban J connectivity index is 2.06. The number of H-pyrrole nitrogens is 1. The maximum absolute atomic E-state index is 11.0. The van der Waals surface area contributed by atoms with E-state index in [9.17, 15) is 4.79 Å². The molecular weight excluding hydrogens is 216 g/mol. The van der Waals surface area contributed by atoms with Crippen molar-refractivity contribution < 1.29 is 4.42 Å². The van der Waals surface area contributed by atoms with Crippen molar-refractivity contribution >= 4 is 16.8 Å². The fraction of sp³-hybridized carbons (Fsp3) is 0.462. The molecule has 2 aromatic rings. The Bertz CT molecular complexity index is 542. The van der Waals surface area contributed by atoms with Crippen molar-refractivity contribution in [1.29, 1.82) is 0 Å². The monoisotopic (exact) mass is 234 g/mol. The lowest BCUT2D eigenvalue weighted by atomic mass is 10.1. The molecule has 0 aliphatic carbocycles. The van der Waals surface area contributed by atoms with E-state index in [0.717, 1.165) is 17.7 Å². The van der Waals surface area contributed by atoms with E-state index in [2.05, 4.69) is 24.1 Å². The number of nitrogens with one attached hydrogen (secondary N) is 2. The van der Waals surface area contributed by atoms with Crippen LogP contribution in [0.25, 0.3) is 11.1 Å². The summed E-state index contributed by atoms with van der Waals surface area (Å²) in [5, 5.41) is 3.37. The predicted octanol–water partition coefficient (Wildman–Crippen LogP) is 2.97. The van der Waals surface area contributed by atoms with Gasteiger partial charge in [-0.15, -0.1) is 0 Å². The van der Waals surface area contributed by atoms with Crippen molar-refractivity contribution in [3.8, 4) is 0 Å². The smallest absolute Gasteiger partial charge is 0.408 e. The van der Waals surface area contributed by atoms with Gasteiger partial charge in [-0.3, -0.25) is 4.98 Å². The molecule has 4 nitrogen and oxygen atoms in total. The Morgan fingerprint density at radius 1 is 1.47 bits per heavy atom. The lowest BCUT2D eigenvalue weighted by Crippen LogP contribution is -2.10. The summed E-state index contributed by atoms with van der Waals surface area (Å²) in [6.45, 7) is 5.37. The van der Waals surface area contributed by atoms with Crippen LogP contribution in [0.5, 0.6) is 0 Å². The molecular formula is C13H18N2O2. The van der Waals surface area contributed by atoms with Gasteiger partial charge in [0.2, 0.25) is 0 Å². The first-order valence-corrected chi connectivity index (χ1v) is 6.05. The van der Waals surface area contributed by atoms with Crippen molar-refractivity contribution in [3.63, 3.8) is 0 Å². The van der Waals surface area contributed by atoms with E-state index >= 15 is 0 Å². The number of oxazole rings is 1. The number of hydrogen-bond acceptors (Lipinski definition) is 3. The van der Waals surface area contributed by atoms with Gasteiger partial charge in [0.05, 0.1) is 5.52 Å². The molecule has 0 amide bonds. The van der Waals surface area contributed by atoms with E-state index in [4.69, 9.17) is 4.42 Å². The predicted molar refractivity (Wildman–Crippen MR) is 69.4 cm³/mol. The second-order valence-corrected chi connectivity index (χ2v) is 4.50. The standard InChI is InChI=1S/C13H18N2O2/c1-3-4-9(2)8-14-10-5-6-12-11(7-10)15-13(16)17-12/h5-7,9,14H,3-4,8H2,1-2H3,(H,15,16). The molecule has 1 unspecified atom stereocenters. The normalized spacial score (nSPS) is 12.8. The number of benzene rings is 1. The Morgan fingerprint density at radius 2 is 2.29 bits per heavy atom. The molecule has 0 aliphatic rings. The molecule has 2 rings (SSSR count). The van der Waals surface area contributed by atoms with Gasteiger partial charge in [0.25, 0.3) is 0 Å². The first-order valence-electron chi connectivity index (χ1n) is 6.05. The number of aromatic amines is 1. The minimum atomic E-state index is -0.406. The molecule has 1 heterocycles. The number of hydrogen-bond donors (Lipinski definition) is 2. The number of anilines is 1. The van der Waals surface area contributed by atoms with Crippen molar-refractivity contribution in [2.24, 2.45) is 5.92 Å². The summed E-state index contributed by atoms with van der Waals surface area (Å²) in [6, 6.07) is 5.64. The fourth-order valence-corrected chi connectivity index (χ4v) is 1.95. The molecule has 1 aromatic heterocycles. The zero-order chi connectivity index (χ0) is 12.3. The first kappa shape index (κ1) is 11.8. The molecule has 0 saturated carbocycles. The maximum atomic E-state index is 11.0. The molecule has 0 aliphatic heterocycles. The summed E-state index contributed by atoms with van der Waals surface area (Å²) >= 11 is 0. The van der Waals surface area contributed by atoms with Gasteiger partial charge < -0.3 is 9.73 Å². The van der Waals surface area contributed by atoms with E-state index in [0.29, 0.717) is 11.5 Å². The second-order valence-electron chi connectivity index (χ2n) is 4.50. The molecule has 0 bridgehead atoms. The minimum absolute atomic E-state index is 0.406. The van der Waals surface area contributed by atoms with E-state index in [1.807, 2.05) is 12.1 Å². The molecule has 0 radical (unpaired) electrons. The van der Waals surface area contributed by atoms with E-state index in [-0.39, 0.29) is 0 Å².